The molecule has 3 atom stereocenters. The van der Waals surface area contributed by atoms with E-state index in [1.54, 1.807) is 0 Å². The first-order chi connectivity index (χ1) is 6.18. The van der Waals surface area contributed by atoms with E-state index in [0.717, 1.165) is 19.4 Å². The minimum Gasteiger partial charge on any atom is -0.352 e. The summed E-state index contributed by atoms with van der Waals surface area (Å²) in [7, 11) is 2.04. The van der Waals surface area contributed by atoms with Crippen LogP contribution >= 0.6 is 0 Å². The Hall–Kier alpha value is -0.570. The number of hydrogen-bond acceptors (Lipinski definition) is 2. The summed E-state index contributed by atoms with van der Waals surface area (Å²) in [6.07, 6.45) is 3.36. The van der Waals surface area contributed by atoms with Crippen LogP contribution in [-0.4, -0.2) is 36.5 Å². The van der Waals surface area contributed by atoms with Crippen molar-refractivity contribution in [1.82, 2.24) is 10.2 Å². The van der Waals surface area contributed by atoms with Gasteiger partial charge in [-0.05, 0) is 38.8 Å². The van der Waals surface area contributed by atoms with Gasteiger partial charge in [-0.25, -0.2) is 0 Å². The topological polar surface area (TPSA) is 32.3 Å². The predicted octanol–water partition coefficient (Wildman–Crippen LogP) is 0.605. The third-order valence-corrected chi connectivity index (χ3v) is 3.26. The van der Waals surface area contributed by atoms with Gasteiger partial charge in [0.15, 0.2) is 0 Å². The van der Waals surface area contributed by atoms with E-state index in [2.05, 4.69) is 17.1 Å². The zero-order valence-electron chi connectivity index (χ0n) is 8.42. The van der Waals surface area contributed by atoms with Crippen molar-refractivity contribution in [3.63, 3.8) is 0 Å². The monoisotopic (exact) mass is 182 g/mol. The molecule has 0 bridgehead atoms. The highest BCUT2D eigenvalue weighted by atomic mass is 16.2. The maximum atomic E-state index is 11.7. The molecule has 3 nitrogen and oxygen atoms in total. The van der Waals surface area contributed by atoms with E-state index in [-0.39, 0.29) is 11.9 Å². The summed E-state index contributed by atoms with van der Waals surface area (Å²) in [4.78, 5) is 13.9. The summed E-state index contributed by atoms with van der Waals surface area (Å²) >= 11 is 0. The summed E-state index contributed by atoms with van der Waals surface area (Å²) in [6.45, 7) is 3.25. The minimum atomic E-state index is 0.146. The lowest BCUT2D eigenvalue weighted by atomic mass is 10.2. The molecule has 1 heterocycles. The number of carbonyl (C=O) groups is 1. The molecular formula is C10H18N2O. The van der Waals surface area contributed by atoms with Crippen LogP contribution in [-0.2, 0) is 4.79 Å². The van der Waals surface area contributed by atoms with Crippen LogP contribution < -0.4 is 5.32 Å². The van der Waals surface area contributed by atoms with Crippen LogP contribution in [0.15, 0.2) is 0 Å². The first-order valence-corrected chi connectivity index (χ1v) is 5.19. The highest BCUT2D eigenvalue weighted by molar-refractivity contribution is 5.82. The SMILES string of the molecule is C[C@@H]1C[C@H]1NC(=O)C1CCCN1C. The lowest BCUT2D eigenvalue weighted by Gasteiger charge is -2.18. The summed E-state index contributed by atoms with van der Waals surface area (Å²) < 4.78 is 0. The third kappa shape index (κ3) is 1.85. The molecule has 3 heteroatoms. The van der Waals surface area contributed by atoms with Crippen LogP contribution in [0.2, 0.25) is 0 Å². The fraction of sp³-hybridized carbons (Fsp3) is 0.900. The summed E-state index contributed by atoms with van der Waals surface area (Å²) in [5.41, 5.74) is 0. The first-order valence-electron chi connectivity index (χ1n) is 5.19. The molecule has 74 valence electrons. The van der Waals surface area contributed by atoms with Crippen molar-refractivity contribution in [3.05, 3.63) is 0 Å². The normalized spacial score (nSPS) is 39.1. The molecule has 0 aromatic heterocycles. The van der Waals surface area contributed by atoms with Crippen LogP contribution in [0.3, 0.4) is 0 Å². The number of nitrogens with zero attached hydrogens (tertiary/aromatic N) is 1. The average Bonchev–Trinajstić information content (AvgIpc) is 2.62. The largest absolute Gasteiger partial charge is 0.352 e. The Balaban J connectivity index is 1.82. The van der Waals surface area contributed by atoms with Gasteiger partial charge in [-0.3, -0.25) is 9.69 Å². The van der Waals surface area contributed by atoms with E-state index in [4.69, 9.17) is 0 Å². The molecule has 0 radical (unpaired) electrons. The number of nitrogens with one attached hydrogen (secondary N) is 1. The van der Waals surface area contributed by atoms with Gasteiger partial charge in [0.2, 0.25) is 5.91 Å². The number of carbonyl (C=O) groups excluding carboxylic acids is 1. The maximum absolute atomic E-state index is 11.7. The molecule has 1 aliphatic carbocycles. The molecule has 13 heavy (non-hydrogen) atoms. The van der Waals surface area contributed by atoms with E-state index in [1.165, 1.54) is 6.42 Å². The Kier molecular flexibility index (Phi) is 2.28. The molecular weight excluding hydrogens is 164 g/mol. The lowest BCUT2D eigenvalue weighted by Crippen LogP contribution is -2.42. The summed E-state index contributed by atoms with van der Waals surface area (Å²) in [5.74, 6) is 0.949. The van der Waals surface area contributed by atoms with E-state index in [1.807, 2.05) is 7.05 Å². The molecule has 1 N–H and O–H groups in total. The Morgan fingerprint density at radius 1 is 1.54 bits per heavy atom. The first kappa shape index (κ1) is 9.00. The Morgan fingerprint density at radius 2 is 2.23 bits per heavy atom. The van der Waals surface area contributed by atoms with Gasteiger partial charge in [0.05, 0.1) is 6.04 Å². The highest BCUT2D eigenvalue weighted by Crippen LogP contribution is 2.29. The number of likely N-dealkylation sites (tertiary alicyclic amines) is 1. The number of rotatable bonds is 2. The number of hydrogen-bond donors (Lipinski definition) is 1. The van der Waals surface area contributed by atoms with Crippen molar-refractivity contribution in [1.29, 1.82) is 0 Å². The smallest absolute Gasteiger partial charge is 0.237 e. The van der Waals surface area contributed by atoms with Crippen LogP contribution in [0, 0.1) is 5.92 Å². The molecule has 0 aromatic carbocycles. The fourth-order valence-electron chi connectivity index (χ4n) is 2.04. The summed E-state index contributed by atoms with van der Waals surface area (Å²) in [6, 6.07) is 0.620. The van der Waals surface area contributed by atoms with Crippen LogP contribution in [0.25, 0.3) is 0 Å². The highest BCUT2D eigenvalue weighted by Gasteiger charge is 2.37. The van der Waals surface area contributed by atoms with Gasteiger partial charge in [0.25, 0.3) is 0 Å². The van der Waals surface area contributed by atoms with Gasteiger partial charge < -0.3 is 5.32 Å². The Morgan fingerprint density at radius 3 is 2.69 bits per heavy atom. The van der Waals surface area contributed by atoms with Crippen LogP contribution in [0.4, 0.5) is 0 Å². The average molecular weight is 182 g/mol. The molecule has 2 fully saturated rings. The molecule has 1 saturated heterocycles. The lowest BCUT2D eigenvalue weighted by molar-refractivity contribution is -0.125. The van der Waals surface area contributed by atoms with Gasteiger partial charge >= 0.3 is 0 Å². The molecule has 2 rings (SSSR count). The van der Waals surface area contributed by atoms with Gasteiger partial charge in [0.1, 0.15) is 0 Å². The second-order valence-corrected chi connectivity index (χ2v) is 4.47. The van der Waals surface area contributed by atoms with Gasteiger partial charge in [-0.2, -0.15) is 0 Å². The standard InChI is InChI=1S/C10H18N2O/c1-7-6-8(7)11-10(13)9-4-3-5-12(9)2/h7-9H,3-6H2,1-2H3,(H,11,13)/t7-,8-,9?/m1/s1. The van der Waals surface area contributed by atoms with Crippen molar-refractivity contribution in [2.75, 3.05) is 13.6 Å². The summed E-state index contributed by atoms with van der Waals surface area (Å²) in [5, 5.41) is 3.10. The van der Waals surface area contributed by atoms with Crippen LogP contribution in [0.1, 0.15) is 26.2 Å². The molecule has 1 aliphatic heterocycles. The zero-order valence-corrected chi connectivity index (χ0v) is 8.42. The maximum Gasteiger partial charge on any atom is 0.237 e. The van der Waals surface area contributed by atoms with Gasteiger partial charge in [0, 0.05) is 6.04 Å². The number of likely N-dealkylation sites (N-methyl/N-ethyl adjacent to an activating group) is 1. The predicted molar refractivity (Wildman–Crippen MR) is 51.4 cm³/mol. The Labute approximate surface area is 79.5 Å². The van der Waals surface area contributed by atoms with Crippen molar-refractivity contribution >= 4 is 5.91 Å². The van der Waals surface area contributed by atoms with E-state index >= 15 is 0 Å². The molecule has 2 aliphatic rings. The van der Waals surface area contributed by atoms with Crippen LogP contribution in [0.5, 0.6) is 0 Å². The second kappa shape index (κ2) is 3.29. The second-order valence-electron chi connectivity index (χ2n) is 4.47. The molecule has 1 amide bonds. The molecule has 0 spiro atoms. The van der Waals surface area contributed by atoms with Crippen molar-refractivity contribution in [2.45, 2.75) is 38.3 Å². The van der Waals surface area contributed by atoms with Crippen molar-refractivity contribution in [3.8, 4) is 0 Å². The van der Waals surface area contributed by atoms with Crippen molar-refractivity contribution < 1.29 is 4.79 Å². The van der Waals surface area contributed by atoms with E-state index in [9.17, 15) is 4.79 Å². The fourth-order valence-corrected chi connectivity index (χ4v) is 2.04. The van der Waals surface area contributed by atoms with E-state index < -0.39 is 0 Å². The number of amides is 1. The van der Waals surface area contributed by atoms with Crippen molar-refractivity contribution in [2.24, 2.45) is 5.92 Å². The quantitative estimate of drug-likeness (QED) is 0.678. The molecule has 1 saturated carbocycles. The van der Waals surface area contributed by atoms with Gasteiger partial charge in [-0.1, -0.05) is 6.92 Å². The third-order valence-electron chi connectivity index (χ3n) is 3.26. The minimum absolute atomic E-state index is 0.146. The Bertz CT molecular complexity index is 217. The van der Waals surface area contributed by atoms with Gasteiger partial charge in [-0.15, -0.1) is 0 Å². The zero-order chi connectivity index (χ0) is 9.42. The molecule has 1 unspecified atom stereocenters. The van der Waals surface area contributed by atoms with E-state index in [0.29, 0.717) is 12.0 Å². The molecule has 0 aromatic rings.